The van der Waals surface area contributed by atoms with Crippen LogP contribution in [0.25, 0.3) is 0 Å². The van der Waals surface area contributed by atoms with E-state index in [0.29, 0.717) is 16.5 Å². The van der Waals surface area contributed by atoms with E-state index in [1.807, 2.05) is 6.07 Å². The maximum absolute atomic E-state index is 12.8. The van der Waals surface area contributed by atoms with E-state index in [2.05, 4.69) is 22.6 Å². The molecule has 6 nitrogen and oxygen atoms in total. The number of rotatable bonds is 1. The van der Waals surface area contributed by atoms with E-state index < -0.39 is 0 Å². The molecule has 3 aliphatic heterocycles. The molecule has 0 radical (unpaired) electrons. The molecule has 5 rings (SSSR count). The van der Waals surface area contributed by atoms with Crippen molar-refractivity contribution in [3.05, 3.63) is 38.7 Å². The van der Waals surface area contributed by atoms with Crippen molar-refractivity contribution in [1.29, 1.82) is 0 Å². The molecule has 4 heterocycles. The van der Waals surface area contributed by atoms with Crippen LogP contribution in [0, 0.1) is 0 Å². The highest BCUT2D eigenvalue weighted by Crippen LogP contribution is 2.43. The molecule has 2 aromatic rings. The Bertz CT molecular complexity index is 898. The van der Waals surface area contributed by atoms with Crippen molar-refractivity contribution < 1.29 is 14.3 Å². The van der Waals surface area contributed by atoms with Crippen LogP contribution in [0.4, 0.5) is 5.00 Å². The van der Waals surface area contributed by atoms with E-state index in [-0.39, 0.29) is 18.9 Å². The molecule has 0 fully saturated rings. The maximum atomic E-state index is 12.8. The zero-order chi connectivity index (χ0) is 17.1. The van der Waals surface area contributed by atoms with Crippen molar-refractivity contribution in [1.82, 2.24) is 10.2 Å². The zero-order valence-corrected chi connectivity index (χ0v) is 15.1. The van der Waals surface area contributed by atoms with Crippen LogP contribution >= 0.6 is 22.9 Å². The fraction of sp³-hybridized carbons (Fsp3) is 0.353. The molecule has 3 aliphatic rings. The molecular weight excluding hydrogens is 362 g/mol. The third-order valence-electron chi connectivity index (χ3n) is 4.83. The summed E-state index contributed by atoms with van der Waals surface area (Å²) in [7, 11) is 2.10. The Morgan fingerprint density at radius 1 is 1.28 bits per heavy atom. The number of anilines is 1. The van der Waals surface area contributed by atoms with E-state index >= 15 is 0 Å². The first kappa shape index (κ1) is 15.3. The number of nitrogens with zero attached hydrogens (tertiary/aromatic N) is 1. The van der Waals surface area contributed by atoms with Crippen LogP contribution in [0.5, 0.6) is 11.5 Å². The number of ether oxygens (including phenoxy) is 2. The lowest BCUT2D eigenvalue weighted by Gasteiger charge is -2.28. The number of benzene rings is 1. The van der Waals surface area contributed by atoms with Crippen molar-refractivity contribution in [2.75, 3.05) is 25.7 Å². The average molecular weight is 378 g/mol. The number of carbonyl (C=O) groups excluding carboxylic acids is 1. The summed E-state index contributed by atoms with van der Waals surface area (Å²) in [6.07, 6.45) is 0.516. The van der Waals surface area contributed by atoms with Gasteiger partial charge in [0.05, 0.1) is 10.6 Å². The lowest BCUT2D eigenvalue weighted by molar-refractivity contribution is 0.0934. The van der Waals surface area contributed by atoms with E-state index in [4.69, 9.17) is 21.1 Å². The molecule has 0 saturated carbocycles. The summed E-state index contributed by atoms with van der Waals surface area (Å²) in [5, 5.41) is 7.92. The summed E-state index contributed by atoms with van der Waals surface area (Å²) < 4.78 is 10.8. The molecule has 1 amide bonds. The molecule has 130 valence electrons. The van der Waals surface area contributed by atoms with Crippen LogP contribution in [0.15, 0.2) is 12.1 Å². The van der Waals surface area contributed by atoms with Gasteiger partial charge in [0.2, 0.25) is 6.79 Å². The minimum absolute atomic E-state index is 0.0467. The molecule has 0 spiro atoms. The molecule has 0 bridgehead atoms. The van der Waals surface area contributed by atoms with Crippen LogP contribution in [0.2, 0.25) is 5.02 Å². The SMILES string of the molecule is CN1CCc2c(sc3c2C(=O)NC(c2cc4c(cc2Cl)OCO4)N3)C1. The molecule has 1 unspecified atom stereocenters. The highest BCUT2D eigenvalue weighted by molar-refractivity contribution is 7.16. The van der Waals surface area contributed by atoms with Gasteiger partial charge in [0.15, 0.2) is 11.5 Å². The molecule has 1 aromatic heterocycles. The summed E-state index contributed by atoms with van der Waals surface area (Å²) in [5.74, 6) is 1.23. The number of fused-ring (bicyclic) bond motifs is 4. The molecule has 0 saturated heterocycles. The van der Waals surface area contributed by atoms with Gasteiger partial charge in [-0.05, 0) is 25.1 Å². The Balaban J connectivity index is 1.52. The molecule has 0 aliphatic carbocycles. The fourth-order valence-corrected chi connectivity index (χ4v) is 5.17. The number of nitrogens with one attached hydrogen (secondary N) is 2. The Labute approximate surface area is 153 Å². The second-order valence-corrected chi connectivity index (χ2v) is 7.99. The van der Waals surface area contributed by atoms with Gasteiger partial charge < -0.3 is 25.0 Å². The van der Waals surface area contributed by atoms with Gasteiger partial charge in [0, 0.05) is 29.6 Å². The molecule has 25 heavy (non-hydrogen) atoms. The van der Waals surface area contributed by atoms with E-state index in [9.17, 15) is 4.79 Å². The Kier molecular flexibility index (Phi) is 3.38. The summed E-state index contributed by atoms with van der Waals surface area (Å²) in [4.78, 5) is 16.3. The van der Waals surface area contributed by atoms with Crippen molar-refractivity contribution in [3.8, 4) is 11.5 Å². The average Bonchev–Trinajstić information content (AvgIpc) is 3.16. The number of halogens is 1. The number of amides is 1. The van der Waals surface area contributed by atoms with E-state index in [1.54, 1.807) is 17.4 Å². The normalized spacial score (nSPS) is 21.4. The van der Waals surface area contributed by atoms with Crippen LogP contribution in [-0.2, 0) is 13.0 Å². The second kappa shape index (κ2) is 5.52. The third kappa shape index (κ3) is 2.38. The van der Waals surface area contributed by atoms with Crippen LogP contribution in [-0.4, -0.2) is 31.2 Å². The molecule has 2 N–H and O–H groups in total. The number of thiophene rings is 1. The predicted molar refractivity (Wildman–Crippen MR) is 95.8 cm³/mol. The van der Waals surface area contributed by atoms with Gasteiger partial charge in [0.25, 0.3) is 5.91 Å². The minimum Gasteiger partial charge on any atom is -0.454 e. The van der Waals surface area contributed by atoms with Crippen molar-refractivity contribution in [2.45, 2.75) is 19.1 Å². The summed E-state index contributed by atoms with van der Waals surface area (Å²) in [6.45, 7) is 2.05. The standard InChI is InChI=1S/C17H16ClN3O3S/c1-21-3-2-8-13(6-21)25-17-14(8)16(22)19-15(20-17)9-4-11-12(5-10(9)18)24-7-23-11/h4-5,15,20H,2-3,6-7H2,1H3,(H,19,22). The van der Waals surface area contributed by atoms with Gasteiger partial charge in [-0.3, -0.25) is 4.79 Å². The number of hydrogen-bond acceptors (Lipinski definition) is 6. The highest BCUT2D eigenvalue weighted by Gasteiger charge is 2.34. The first-order chi connectivity index (χ1) is 12.1. The topological polar surface area (TPSA) is 62.8 Å². The van der Waals surface area contributed by atoms with E-state index in [0.717, 1.165) is 35.6 Å². The Morgan fingerprint density at radius 3 is 2.92 bits per heavy atom. The highest BCUT2D eigenvalue weighted by atomic mass is 35.5. The van der Waals surface area contributed by atoms with Gasteiger partial charge in [-0.2, -0.15) is 0 Å². The van der Waals surface area contributed by atoms with Gasteiger partial charge >= 0.3 is 0 Å². The number of hydrogen-bond donors (Lipinski definition) is 2. The molecular formula is C17H16ClN3O3S. The predicted octanol–water partition coefficient (Wildman–Crippen LogP) is 2.97. The summed E-state index contributed by atoms with van der Waals surface area (Å²) in [5.41, 5.74) is 2.74. The van der Waals surface area contributed by atoms with Gasteiger partial charge in [0.1, 0.15) is 11.2 Å². The monoisotopic (exact) mass is 377 g/mol. The van der Waals surface area contributed by atoms with E-state index in [1.165, 1.54) is 10.4 Å². The Morgan fingerprint density at radius 2 is 2.08 bits per heavy atom. The number of carbonyl (C=O) groups is 1. The third-order valence-corrected chi connectivity index (χ3v) is 6.30. The fourth-order valence-electron chi connectivity index (χ4n) is 3.55. The van der Waals surface area contributed by atoms with Gasteiger partial charge in [-0.15, -0.1) is 11.3 Å². The van der Waals surface area contributed by atoms with Gasteiger partial charge in [-0.1, -0.05) is 11.6 Å². The summed E-state index contributed by atoms with van der Waals surface area (Å²) in [6, 6.07) is 3.56. The zero-order valence-electron chi connectivity index (χ0n) is 13.5. The Hall–Kier alpha value is -1.96. The lowest BCUT2D eigenvalue weighted by atomic mass is 10.0. The van der Waals surface area contributed by atoms with Crippen molar-refractivity contribution >= 4 is 33.8 Å². The molecule has 1 atom stereocenters. The minimum atomic E-state index is -0.389. The van der Waals surface area contributed by atoms with Crippen LogP contribution in [0.1, 0.15) is 32.5 Å². The lowest BCUT2D eigenvalue weighted by Crippen LogP contribution is -2.38. The largest absolute Gasteiger partial charge is 0.454 e. The van der Waals surface area contributed by atoms with Crippen LogP contribution in [0.3, 0.4) is 0 Å². The van der Waals surface area contributed by atoms with Crippen molar-refractivity contribution in [3.63, 3.8) is 0 Å². The smallest absolute Gasteiger partial charge is 0.256 e. The molecule has 8 heteroatoms. The van der Waals surface area contributed by atoms with Crippen molar-refractivity contribution in [2.24, 2.45) is 0 Å². The first-order valence-corrected chi connectivity index (χ1v) is 9.29. The number of likely N-dealkylation sites (N-methyl/N-ethyl adjacent to an activating group) is 1. The molecule has 1 aromatic carbocycles. The second-order valence-electron chi connectivity index (χ2n) is 6.47. The summed E-state index contributed by atoms with van der Waals surface area (Å²) >= 11 is 8.07. The quantitative estimate of drug-likeness (QED) is 0.800. The first-order valence-electron chi connectivity index (χ1n) is 8.09. The van der Waals surface area contributed by atoms with Crippen LogP contribution < -0.4 is 20.1 Å². The maximum Gasteiger partial charge on any atom is 0.256 e. The van der Waals surface area contributed by atoms with Gasteiger partial charge in [-0.25, -0.2) is 0 Å².